The highest BCUT2D eigenvalue weighted by molar-refractivity contribution is 5.53. The van der Waals surface area contributed by atoms with Crippen molar-refractivity contribution in [2.75, 3.05) is 23.3 Å². The van der Waals surface area contributed by atoms with E-state index in [1.807, 2.05) is 6.07 Å². The molecule has 0 amide bonds. The summed E-state index contributed by atoms with van der Waals surface area (Å²) in [5.41, 5.74) is 1.08. The molecule has 0 aliphatic carbocycles. The van der Waals surface area contributed by atoms with E-state index in [0.29, 0.717) is 11.5 Å². The van der Waals surface area contributed by atoms with Gasteiger partial charge in [0.2, 0.25) is 5.95 Å². The van der Waals surface area contributed by atoms with Gasteiger partial charge < -0.3 is 10.2 Å². The van der Waals surface area contributed by atoms with E-state index < -0.39 is 0 Å². The summed E-state index contributed by atoms with van der Waals surface area (Å²) in [4.78, 5) is 10.3. The average Bonchev–Trinajstić information content (AvgIpc) is 2.96. The molecule has 21 heavy (non-hydrogen) atoms. The molecule has 2 aromatic rings. The van der Waals surface area contributed by atoms with Crippen LogP contribution in [0.5, 0.6) is 0 Å². The number of halogens is 1. The molecule has 1 aliphatic heterocycles. The second-order valence-corrected chi connectivity index (χ2v) is 4.96. The Labute approximate surface area is 122 Å². The van der Waals surface area contributed by atoms with Crippen LogP contribution in [0.4, 0.5) is 16.0 Å². The molecule has 1 aromatic carbocycles. The molecule has 0 saturated carbocycles. The monoisotopic (exact) mass is 283 g/mol. The van der Waals surface area contributed by atoms with Gasteiger partial charge in [-0.05, 0) is 30.7 Å². The van der Waals surface area contributed by atoms with Crippen molar-refractivity contribution in [1.29, 1.82) is 5.26 Å². The van der Waals surface area contributed by atoms with Gasteiger partial charge in [0, 0.05) is 37.2 Å². The zero-order chi connectivity index (χ0) is 14.7. The number of nitrogens with zero attached hydrogens (tertiary/aromatic N) is 4. The summed E-state index contributed by atoms with van der Waals surface area (Å²) in [5.74, 6) is 0.216. The maximum atomic E-state index is 13.5. The van der Waals surface area contributed by atoms with Crippen LogP contribution in [-0.4, -0.2) is 29.1 Å². The third-order valence-electron chi connectivity index (χ3n) is 3.46. The van der Waals surface area contributed by atoms with Gasteiger partial charge in [0.1, 0.15) is 5.82 Å². The molecule has 1 saturated heterocycles. The molecule has 1 N–H and O–H groups in total. The predicted molar refractivity (Wildman–Crippen MR) is 77.4 cm³/mol. The SMILES string of the molecule is N#Cc1cc(F)cc(N2CCC(Nc3ncccn3)C2)c1. The predicted octanol–water partition coefficient (Wildman–Crippen LogP) is 2.18. The summed E-state index contributed by atoms with van der Waals surface area (Å²) in [7, 11) is 0. The average molecular weight is 283 g/mol. The highest BCUT2D eigenvalue weighted by Gasteiger charge is 2.23. The van der Waals surface area contributed by atoms with Gasteiger partial charge >= 0.3 is 0 Å². The second kappa shape index (κ2) is 5.75. The van der Waals surface area contributed by atoms with E-state index in [4.69, 9.17) is 5.26 Å². The third-order valence-corrected chi connectivity index (χ3v) is 3.46. The number of hydrogen-bond acceptors (Lipinski definition) is 5. The van der Waals surface area contributed by atoms with E-state index in [1.54, 1.807) is 24.5 Å². The fourth-order valence-electron chi connectivity index (χ4n) is 2.49. The number of benzene rings is 1. The number of nitrogens with one attached hydrogen (secondary N) is 1. The fraction of sp³-hybridized carbons (Fsp3) is 0.267. The molecule has 6 heteroatoms. The molecule has 5 nitrogen and oxygen atoms in total. The normalized spacial score (nSPS) is 17.5. The van der Waals surface area contributed by atoms with Crippen molar-refractivity contribution < 1.29 is 4.39 Å². The van der Waals surface area contributed by atoms with Crippen LogP contribution in [-0.2, 0) is 0 Å². The number of aromatic nitrogens is 2. The quantitative estimate of drug-likeness (QED) is 0.935. The zero-order valence-corrected chi connectivity index (χ0v) is 11.3. The Hall–Kier alpha value is -2.68. The molecule has 0 spiro atoms. The Morgan fingerprint density at radius 1 is 1.29 bits per heavy atom. The second-order valence-electron chi connectivity index (χ2n) is 4.96. The van der Waals surface area contributed by atoms with Crippen LogP contribution < -0.4 is 10.2 Å². The first-order valence-corrected chi connectivity index (χ1v) is 6.74. The minimum atomic E-state index is -0.383. The largest absolute Gasteiger partial charge is 0.369 e. The summed E-state index contributed by atoms with van der Waals surface area (Å²) in [6.45, 7) is 1.53. The summed E-state index contributed by atoms with van der Waals surface area (Å²) in [6.07, 6.45) is 4.29. The summed E-state index contributed by atoms with van der Waals surface area (Å²) in [6, 6.07) is 8.37. The Bertz CT molecular complexity index is 668. The maximum absolute atomic E-state index is 13.5. The van der Waals surface area contributed by atoms with E-state index in [2.05, 4.69) is 20.2 Å². The van der Waals surface area contributed by atoms with Crippen molar-refractivity contribution in [3.8, 4) is 6.07 Å². The third kappa shape index (κ3) is 3.08. The van der Waals surface area contributed by atoms with E-state index in [1.165, 1.54) is 12.1 Å². The van der Waals surface area contributed by atoms with Crippen LogP contribution in [0.3, 0.4) is 0 Å². The van der Waals surface area contributed by atoms with Gasteiger partial charge in [-0.1, -0.05) is 0 Å². The fourth-order valence-corrected chi connectivity index (χ4v) is 2.49. The number of nitriles is 1. The lowest BCUT2D eigenvalue weighted by atomic mass is 10.2. The van der Waals surface area contributed by atoms with Crippen molar-refractivity contribution in [2.45, 2.75) is 12.5 Å². The smallest absolute Gasteiger partial charge is 0.222 e. The first-order chi connectivity index (χ1) is 10.2. The Morgan fingerprint density at radius 2 is 2.10 bits per heavy atom. The lowest BCUT2D eigenvalue weighted by Crippen LogP contribution is -2.26. The lowest BCUT2D eigenvalue weighted by Gasteiger charge is -2.19. The summed E-state index contributed by atoms with van der Waals surface area (Å²) in [5, 5.41) is 12.2. The number of anilines is 2. The van der Waals surface area contributed by atoms with Gasteiger partial charge in [0.15, 0.2) is 0 Å². The van der Waals surface area contributed by atoms with E-state index in [9.17, 15) is 4.39 Å². The van der Waals surface area contributed by atoms with Crippen LogP contribution >= 0.6 is 0 Å². The highest BCUT2D eigenvalue weighted by atomic mass is 19.1. The van der Waals surface area contributed by atoms with Gasteiger partial charge in [-0.25, -0.2) is 14.4 Å². The molecule has 2 heterocycles. The van der Waals surface area contributed by atoms with Crippen LogP contribution in [0.1, 0.15) is 12.0 Å². The van der Waals surface area contributed by atoms with E-state index in [-0.39, 0.29) is 11.9 Å². The number of hydrogen-bond donors (Lipinski definition) is 1. The van der Waals surface area contributed by atoms with Crippen LogP contribution in [0, 0.1) is 17.1 Å². The van der Waals surface area contributed by atoms with Gasteiger partial charge in [-0.2, -0.15) is 5.26 Å². The molecule has 0 bridgehead atoms. The van der Waals surface area contributed by atoms with Gasteiger partial charge in [-0.3, -0.25) is 0 Å². The topological polar surface area (TPSA) is 64.8 Å². The van der Waals surface area contributed by atoms with Gasteiger partial charge in [0.05, 0.1) is 11.6 Å². The molecule has 1 aliphatic rings. The summed E-state index contributed by atoms with van der Waals surface area (Å²) >= 11 is 0. The Kier molecular flexibility index (Phi) is 3.65. The molecule has 106 valence electrons. The zero-order valence-electron chi connectivity index (χ0n) is 11.3. The molecular weight excluding hydrogens is 269 g/mol. The lowest BCUT2D eigenvalue weighted by molar-refractivity contribution is 0.626. The Morgan fingerprint density at radius 3 is 2.86 bits per heavy atom. The van der Waals surface area contributed by atoms with Crippen molar-refractivity contribution in [3.63, 3.8) is 0 Å². The van der Waals surface area contributed by atoms with Gasteiger partial charge in [0.25, 0.3) is 0 Å². The molecule has 1 atom stereocenters. The molecule has 1 fully saturated rings. The first-order valence-electron chi connectivity index (χ1n) is 6.74. The molecule has 1 aromatic heterocycles. The minimum Gasteiger partial charge on any atom is -0.369 e. The van der Waals surface area contributed by atoms with Crippen molar-refractivity contribution >= 4 is 11.6 Å². The van der Waals surface area contributed by atoms with Crippen LogP contribution in [0.25, 0.3) is 0 Å². The highest BCUT2D eigenvalue weighted by Crippen LogP contribution is 2.23. The standard InChI is InChI=1S/C15H14FN5/c16-12-6-11(9-17)7-14(8-12)21-5-2-13(10-21)20-15-18-3-1-4-19-15/h1,3-4,6-8,13H,2,5,10H2,(H,18,19,20). The first kappa shape index (κ1) is 13.3. The van der Waals surface area contributed by atoms with Crippen molar-refractivity contribution in [1.82, 2.24) is 9.97 Å². The van der Waals surface area contributed by atoms with Gasteiger partial charge in [-0.15, -0.1) is 0 Å². The molecule has 0 radical (unpaired) electrons. The Balaban J connectivity index is 1.70. The van der Waals surface area contributed by atoms with E-state index >= 15 is 0 Å². The van der Waals surface area contributed by atoms with Crippen LogP contribution in [0.15, 0.2) is 36.7 Å². The van der Waals surface area contributed by atoms with Crippen LogP contribution in [0.2, 0.25) is 0 Å². The molecular formula is C15H14FN5. The molecule has 1 unspecified atom stereocenters. The number of rotatable bonds is 3. The van der Waals surface area contributed by atoms with E-state index in [0.717, 1.165) is 25.2 Å². The maximum Gasteiger partial charge on any atom is 0.222 e. The molecule has 3 rings (SSSR count). The minimum absolute atomic E-state index is 0.209. The van der Waals surface area contributed by atoms with Crippen molar-refractivity contribution in [2.24, 2.45) is 0 Å². The van der Waals surface area contributed by atoms with Crippen molar-refractivity contribution in [3.05, 3.63) is 48.0 Å². The summed E-state index contributed by atoms with van der Waals surface area (Å²) < 4.78 is 13.5.